The molecule has 168 valence electrons. The molecule has 1 aromatic carbocycles. The highest BCUT2D eigenvalue weighted by molar-refractivity contribution is 7.86. The Morgan fingerprint density at radius 1 is 1.23 bits per heavy atom. The Morgan fingerprint density at radius 3 is 2.77 bits per heavy atom. The molecule has 0 amide bonds. The minimum Gasteiger partial charge on any atom is -0.457 e. The average molecular weight is 451 g/mol. The molecule has 0 aliphatic carbocycles. The first kappa shape index (κ1) is 21.9. The summed E-state index contributed by atoms with van der Waals surface area (Å²) in [7, 11) is -3.90. The highest BCUT2D eigenvalue weighted by atomic mass is 32.2. The summed E-state index contributed by atoms with van der Waals surface area (Å²) in [6, 6.07) is 8.04. The molecule has 2 aromatic rings. The van der Waals surface area contributed by atoms with Crippen molar-refractivity contribution >= 4 is 10.1 Å². The second kappa shape index (κ2) is 9.47. The molecule has 2 aliphatic heterocycles. The van der Waals surface area contributed by atoms with Gasteiger partial charge >= 0.3 is 0 Å². The number of aromatic nitrogens is 2. The Bertz CT molecular complexity index is 1060. The normalized spacial score (nSPS) is 20.9. The second-order valence-corrected chi connectivity index (χ2v) is 9.30. The van der Waals surface area contributed by atoms with Gasteiger partial charge in [0.1, 0.15) is 12.7 Å². The third-order valence-electron chi connectivity index (χ3n) is 5.25. The van der Waals surface area contributed by atoms with Crippen LogP contribution >= 0.6 is 0 Å². The van der Waals surface area contributed by atoms with E-state index in [-0.39, 0.29) is 23.8 Å². The number of ether oxygens (including phenoxy) is 3. The maximum Gasteiger partial charge on any atom is 0.300 e. The molecular weight excluding hydrogens is 424 g/mol. The fourth-order valence-corrected chi connectivity index (χ4v) is 4.51. The molecule has 1 aromatic heterocycles. The van der Waals surface area contributed by atoms with Gasteiger partial charge in [0.05, 0.1) is 18.0 Å². The van der Waals surface area contributed by atoms with Gasteiger partial charge in [-0.3, -0.25) is 13.5 Å². The molecule has 1 unspecified atom stereocenters. The lowest BCUT2D eigenvalue weighted by Crippen LogP contribution is -2.25. The summed E-state index contributed by atoms with van der Waals surface area (Å²) in [6.45, 7) is 3.13. The topological polar surface area (TPSA) is 106 Å². The third kappa shape index (κ3) is 5.51. The SMILES string of the molecule is Cc1ccc(S(=O)(=O)OCC2Cn3c(CCO[C@H]4CCCCO4)cc(=O)nc3O2)cc1. The van der Waals surface area contributed by atoms with Crippen LogP contribution < -0.4 is 10.3 Å². The number of hydrogen-bond donors (Lipinski definition) is 0. The number of rotatable bonds is 8. The van der Waals surface area contributed by atoms with E-state index >= 15 is 0 Å². The van der Waals surface area contributed by atoms with E-state index in [1.165, 1.54) is 18.2 Å². The Hall–Kier alpha value is -2.27. The van der Waals surface area contributed by atoms with Gasteiger partial charge in [-0.25, -0.2) is 0 Å². The van der Waals surface area contributed by atoms with Crippen molar-refractivity contribution in [3.63, 3.8) is 0 Å². The Morgan fingerprint density at radius 2 is 2.03 bits per heavy atom. The number of nitrogens with zero attached hydrogens (tertiary/aromatic N) is 2. The van der Waals surface area contributed by atoms with Gasteiger partial charge in [-0.2, -0.15) is 13.4 Å². The third-order valence-corrected chi connectivity index (χ3v) is 6.55. The predicted molar refractivity (Wildman–Crippen MR) is 110 cm³/mol. The van der Waals surface area contributed by atoms with E-state index in [2.05, 4.69) is 4.98 Å². The fourth-order valence-electron chi connectivity index (χ4n) is 3.58. The minimum absolute atomic E-state index is 0.0870. The van der Waals surface area contributed by atoms with Gasteiger partial charge in [0.25, 0.3) is 21.7 Å². The Kier molecular flexibility index (Phi) is 6.71. The van der Waals surface area contributed by atoms with Crippen LogP contribution in [0.2, 0.25) is 0 Å². The zero-order chi connectivity index (χ0) is 21.8. The molecule has 0 radical (unpaired) electrons. The van der Waals surface area contributed by atoms with Crippen molar-refractivity contribution in [2.24, 2.45) is 0 Å². The predicted octanol–water partition coefficient (Wildman–Crippen LogP) is 1.80. The molecule has 4 rings (SSSR count). The summed E-state index contributed by atoms with van der Waals surface area (Å²) in [6.07, 6.45) is 2.71. The molecule has 0 bridgehead atoms. The molecule has 0 spiro atoms. The molecule has 0 N–H and O–H groups in total. The van der Waals surface area contributed by atoms with Crippen molar-refractivity contribution < 1.29 is 26.8 Å². The first-order chi connectivity index (χ1) is 14.9. The van der Waals surface area contributed by atoms with Crippen LogP contribution in [0.5, 0.6) is 6.01 Å². The van der Waals surface area contributed by atoms with Crippen LogP contribution in [0.1, 0.15) is 30.5 Å². The van der Waals surface area contributed by atoms with Gasteiger partial charge in [0.2, 0.25) is 0 Å². The summed E-state index contributed by atoms with van der Waals surface area (Å²) in [4.78, 5) is 15.9. The van der Waals surface area contributed by atoms with Gasteiger partial charge in [0, 0.05) is 24.8 Å². The first-order valence-corrected chi connectivity index (χ1v) is 11.8. The van der Waals surface area contributed by atoms with Crippen LogP contribution in [0.25, 0.3) is 0 Å². The quantitative estimate of drug-likeness (QED) is 0.561. The van der Waals surface area contributed by atoms with Crippen molar-refractivity contribution in [3.8, 4) is 6.01 Å². The Labute approximate surface area is 181 Å². The van der Waals surface area contributed by atoms with Gasteiger partial charge < -0.3 is 14.2 Å². The molecule has 1 fully saturated rings. The van der Waals surface area contributed by atoms with Gasteiger partial charge in [0.15, 0.2) is 6.29 Å². The van der Waals surface area contributed by atoms with Crippen molar-refractivity contribution in [1.82, 2.24) is 9.55 Å². The van der Waals surface area contributed by atoms with Crippen molar-refractivity contribution in [1.29, 1.82) is 0 Å². The number of aryl methyl sites for hydroxylation is 1. The van der Waals surface area contributed by atoms with Crippen molar-refractivity contribution in [3.05, 3.63) is 51.9 Å². The van der Waals surface area contributed by atoms with E-state index in [1.54, 1.807) is 16.7 Å². The van der Waals surface area contributed by atoms with E-state index in [0.717, 1.165) is 30.5 Å². The van der Waals surface area contributed by atoms with E-state index < -0.39 is 21.8 Å². The molecule has 0 saturated carbocycles. The standard InChI is InChI=1S/C21H26N2O7S/c1-15-5-7-18(8-6-15)31(25,26)29-14-17-13-23-16(12-19(24)22-21(23)30-17)9-11-28-20-4-2-3-10-27-20/h5-8,12,17,20H,2-4,9-11,13-14H2,1H3/t17?,20-/m0/s1. The number of benzene rings is 1. The molecule has 2 atom stereocenters. The zero-order valence-corrected chi connectivity index (χ0v) is 18.2. The Balaban J connectivity index is 1.36. The van der Waals surface area contributed by atoms with E-state index in [4.69, 9.17) is 18.4 Å². The maximum absolute atomic E-state index is 12.4. The molecule has 10 heteroatoms. The smallest absolute Gasteiger partial charge is 0.300 e. The van der Waals surface area contributed by atoms with Crippen LogP contribution in [0.4, 0.5) is 0 Å². The summed E-state index contributed by atoms with van der Waals surface area (Å²) in [5.41, 5.74) is 1.26. The molecule has 9 nitrogen and oxygen atoms in total. The number of hydrogen-bond acceptors (Lipinski definition) is 8. The van der Waals surface area contributed by atoms with Crippen LogP contribution in [0.15, 0.2) is 40.0 Å². The van der Waals surface area contributed by atoms with Crippen LogP contribution in [0.3, 0.4) is 0 Å². The largest absolute Gasteiger partial charge is 0.457 e. The monoisotopic (exact) mass is 450 g/mol. The summed E-state index contributed by atoms with van der Waals surface area (Å²) < 4.78 is 48.8. The van der Waals surface area contributed by atoms with Crippen molar-refractivity contribution in [2.45, 2.75) is 56.4 Å². The first-order valence-electron chi connectivity index (χ1n) is 10.4. The van der Waals surface area contributed by atoms with Gasteiger partial charge in [-0.05, 0) is 38.3 Å². The lowest BCUT2D eigenvalue weighted by Gasteiger charge is -2.22. The van der Waals surface area contributed by atoms with Crippen LogP contribution in [-0.4, -0.2) is 50.2 Å². The van der Waals surface area contributed by atoms with Gasteiger partial charge in [-0.1, -0.05) is 17.7 Å². The lowest BCUT2D eigenvalue weighted by molar-refractivity contribution is -0.161. The lowest BCUT2D eigenvalue weighted by atomic mass is 10.2. The fraction of sp³-hybridized carbons (Fsp3) is 0.524. The molecule has 3 heterocycles. The second-order valence-electron chi connectivity index (χ2n) is 7.69. The highest BCUT2D eigenvalue weighted by Gasteiger charge is 2.28. The number of fused-ring (bicyclic) bond motifs is 1. The van der Waals surface area contributed by atoms with Gasteiger partial charge in [-0.15, -0.1) is 0 Å². The van der Waals surface area contributed by atoms with Crippen LogP contribution in [0, 0.1) is 6.92 Å². The zero-order valence-electron chi connectivity index (χ0n) is 17.4. The summed E-state index contributed by atoms with van der Waals surface area (Å²) >= 11 is 0. The van der Waals surface area contributed by atoms with E-state index in [9.17, 15) is 13.2 Å². The van der Waals surface area contributed by atoms with Crippen molar-refractivity contribution in [2.75, 3.05) is 19.8 Å². The summed E-state index contributed by atoms with van der Waals surface area (Å²) in [5, 5.41) is 0. The molecule has 31 heavy (non-hydrogen) atoms. The minimum atomic E-state index is -3.90. The summed E-state index contributed by atoms with van der Waals surface area (Å²) in [5.74, 6) is 0. The molecular formula is C21H26N2O7S. The molecule has 2 aliphatic rings. The maximum atomic E-state index is 12.4. The highest BCUT2D eigenvalue weighted by Crippen LogP contribution is 2.22. The average Bonchev–Trinajstić information content (AvgIpc) is 3.16. The molecule has 1 saturated heterocycles. The van der Waals surface area contributed by atoms with Crippen LogP contribution in [-0.2, 0) is 36.7 Å². The van der Waals surface area contributed by atoms with E-state index in [1.807, 2.05) is 6.92 Å². The van der Waals surface area contributed by atoms with E-state index in [0.29, 0.717) is 26.2 Å².